The van der Waals surface area contributed by atoms with Gasteiger partial charge in [-0.3, -0.25) is 4.79 Å². The fraction of sp³-hybridized carbons (Fsp3) is 0.250. The van der Waals surface area contributed by atoms with E-state index in [0.717, 1.165) is 0 Å². The van der Waals surface area contributed by atoms with Crippen molar-refractivity contribution in [2.24, 2.45) is 0 Å². The Balaban J connectivity index is 2.77. The minimum absolute atomic E-state index is 0.0693. The summed E-state index contributed by atoms with van der Waals surface area (Å²) in [5.41, 5.74) is 12.6. The largest absolute Gasteiger partial charge is 0.399 e. The second kappa shape index (κ2) is 5.08. The molecule has 0 fully saturated rings. The van der Waals surface area contributed by atoms with Crippen LogP contribution in [0.3, 0.4) is 0 Å². The Morgan fingerprint density at radius 1 is 1.44 bits per heavy atom. The molecule has 0 heterocycles. The second-order valence-electron chi connectivity index (χ2n) is 3.67. The molecule has 0 saturated heterocycles. The van der Waals surface area contributed by atoms with E-state index >= 15 is 0 Å². The number of nitrogens with one attached hydrogen (secondary N) is 1. The molecule has 4 heteroatoms. The molecule has 1 aromatic carbocycles. The van der Waals surface area contributed by atoms with Gasteiger partial charge < -0.3 is 16.8 Å². The number of hydrogen-bond donors (Lipinski definition) is 3. The minimum Gasteiger partial charge on any atom is -0.399 e. The monoisotopic (exact) mass is 217 g/mol. The predicted octanol–water partition coefficient (Wildman–Crippen LogP) is 0.993. The van der Waals surface area contributed by atoms with Crippen LogP contribution < -0.4 is 16.8 Å². The number of carbonyl (C=O) groups is 1. The lowest BCUT2D eigenvalue weighted by Crippen LogP contribution is -2.32. The Morgan fingerprint density at radius 2 is 2.00 bits per heavy atom. The Kier molecular flexibility index (Phi) is 3.78. The van der Waals surface area contributed by atoms with Crippen LogP contribution in [0.5, 0.6) is 0 Å². The zero-order chi connectivity index (χ0) is 12.1. The Morgan fingerprint density at radius 3 is 2.50 bits per heavy atom. The molecular weight excluding hydrogens is 202 g/mol. The van der Waals surface area contributed by atoms with Crippen LogP contribution in [0.1, 0.15) is 23.7 Å². The first kappa shape index (κ1) is 11.9. The van der Waals surface area contributed by atoms with Gasteiger partial charge in [-0.25, -0.2) is 0 Å². The zero-order valence-corrected chi connectivity index (χ0v) is 9.16. The lowest BCUT2D eigenvalue weighted by molar-refractivity contribution is 0.0941. The van der Waals surface area contributed by atoms with Crippen LogP contribution in [0, 0.1) is 12.3 Å². The molecule has 0 radical (unpaired) electrons. The van der Waals surface area contributed by atoms with Crippen molar-refractivity contribution < 1.29 is 4.79 Å². The van der Waals surface area contributed by atoms with Gasteiger partial charge in [0.05, 0.1) is 0 Å². The third kappa shape index (κ3) is 3.21. The summed E-state index contributed by atoms with van der Waals surface area (Å²) >= 11 is 0. The van der Waals surface area contributed by atoms with Crippen molar-refractivity contribution in [1.82, 2.24) is 5.32 Å². The van der Waals surface area contributed by atoms with Crippen molar-refractivity contribution in [3.63, 3.8) is 0 Å². The van der Waals surface area contributed by atoms with E-state index in [4.69, 9.17) is 17.9 Å². The number of amides is 1. The number of terminal acetylenes is 1. The third-order valence-electron chi connectivity index (χ3n) is 2.04. The molecule has 0 aliphatic heterocycles. The molecule has 4 nitrogen and oxygen atoms in total. The Bertz CT molecular complexity index is 414. The number of benzene rings is 1. The molecule has 16 heavy (non-hydrogen) atoms. The molecule has 1 atom stereocenters. The van der Waals surface area contributed by atoms with E-state index < -0.39 is 0 Å². The summed E-state index contributed by atoms with van der Waals surface area (Å²) in [6.07, 6.45) is 5.64. The van der Waals surface area contributed by atoms with Gasteiger partial charge in [0.2, 0.25) is 0 Å². The van der Waals surface area contributed by atoms with E-state index in [1.807, 2.05) is 6.92 Å². The second-order valence-corrected chi connectivity index (χ2v) is 3.67. The van der Waals surface area contributed by atoms with E-state index in [1.54, 1.807) is 18.2 Å². The summed E-state index contributed by atoms with van der Waals surface area (Å²) in [5.74, 6) is 2.26. The van der Waals surface area contributed by atoms with Crippen LogP contribution in [-0.2, 0) is 0 Å². The van der Waals surface area contributed by atoms with Gasteiger partial charge >= 0.3 is 0 Å². The number of carbonyl (C=O) groups excluding carboxylic acids is 1. The van der Waals surface area contributed by atoms with Crippen LogP contribution in [-0.4, -0.2) is 11.9 Å². The fourth-order valence-electron chi connectivity index (χ4n) is 1.34. The molecule has 1 amide bonds. The highest BCUT2D eigenvalue weighted by Gasteiger charge is 2.09. The standard InChI is InChI=1S/C12H15N3O/c1-3-4-8(2)15-12(16)9-5-10(13)7-11(14)6-9/h1,5-8H,4,13-14H2,2H3,(H,15,16). The Hall–Kier alpha value is -2.15. The summed E-state index contributed by atoms with van der Waals surface area (Å²) in [6.45, 7) is 1.84. The fourth-order valence-corrected chi connectivity index (χ4v) is 1.34. The quantitative estimate of drug-likeness (QED) is 0.521. The molecular formula is C12H15N3O. The Labute approximate surface area is 95.0 Å². The molecule has 1 rings (SSSR count). The number of nitrogen functional groups attached to an aromatic ring is 2. The van der Waals surface area contributed by atoms with Gasteiger partial charge in [-0.05, 0) is 25.1 Å². The molecule has 0 saturated carbocycles. The molecule has 5 N–H and O–H groups in total. The summed E-state index contributed by atoms with van der Waals surface area (Å²) in [7, 11) is 0. The summed E-state index contributed by atoms with van der Waals surface area (Å²) < 4.78 is 0. The molecule has 0 bridgehead atoms. The molecule has 0 spiro atoms. The van der Waals surface area contributed by atoms with E-state index in [2.05, 4.69) is 11.2 Å². The highest BCUT2D eigenvalue weighted by molar-refractivity contribution is 5.96. The topological polar surface area (TPSA) is 81.1 Å². The highest BCUT2D eigenvalue weighted by Crippen LogP contribution is 2.13. The lowest BCUT2D eigenvalue weighted by atomic mass is 10.1. The minimum atomic E-state index is -0.221. The first-order chi connectivity index (χ1) is 7.52. The van der Waals surface area contributed by atoms with Gasteiger partial charge in [0.15, 0.2) is 0 Å². The average Bonchev–Trinajstić information content (AvgIpc) is 2.16. The molecule has 1 aromatic rings. The smallest absolute Gasteiger partial charge is 0.251 e. The first-order valence-corrected chi connectivity index (χ1v) is 4.93. The first-order valence-electron chi connectivity index (χ1n) is 4.93. The van der Waals surface area contributed by atoms with Crippen molar-refractivity contribution in [3.8, 4) is 12.3 Å². The van der Waals surface area contributed by atoms with Gasteiger partial charge in [0.1, 0.15) is 0 Å². The van der Waals surface area contributed by atoms with Crippen LogP contribution in [0.15, 0.2) is 18.2 Å². The molecule has 0 aliphatic rings. The summed E-state index contributed by atoms with van der Waals surface area (Å²) in [6, 6.07) is 4.68. The number of hydrogen-bond acceptors (Lipinski definition) is 3. The van der Waals surface area contributed by atoms with Gasteiger partial charge in [0, 0.05) is 29.4 Å². The summed E-state index contributed by atoms with van der Waals surface area (Å²) in [5, 5.41) is 2.76. The average molecular weight is 217 g/mol. The van der Waals surface area contributed by atoms with Crippen molar-refractivity contribution in [1.29, 1.82) is 0 Å². The van der Waals surface area contributed by atoms with Crippen molar-refractivity contribution in [2.45, 2.75) is 19.4 Å². The van der Waals surface area contributed by atoms with E-state index in [1.165, 1.54) is 0 Å². The van der Waals surface area contributed by atoms with Gasteiger partial charge in [-0.1, -0.05) is 0 Å². The lowest BCUT2D eigenvalue weighted by Gasteiger charge is -2.11. The number of rotatable bonds is 3. The van der Waals surface area contributed by atoms with Gasteiger partial charge in [-0.2, -0.15) is 0 Å². The van der Waals surface area contributed by atoms with Gasteiger partial charge in [0.25, 0.3) is 5.91 Å². The normalized spacial score (nSPS) is 11.5. The highest BCUT2D eigenvalue weighted by atomic mass is 16.1. The zero-order valence-electron chi connectivity index (χ0n) is 9.16. The summed E-state index contributed by atoms with van der Waals surface area (Å²) in [4.78, 5) is 11.7. The van der Waals surface area contributed by atoms with Crippen LogP contribution >= 0.6 is 0 Å². The molecule has 84 valence electrons. The maximum Gasteiger partial charge on any atom is 0.251 e. The van der Waals surface area contributed by atoms with Crippen LogP contribution in [0.4, 0.5) is 11.4 Å². The maximum absolute atomic E-state index is 11.7. The van der Waals surface area contributed by atoms with Gasteiger partial charge in [-0.15, -0.1) is 12.3 Å². The van der Waals surface area contributed by atoms with Crippen molar-refractivity contribution in [3.05, 3.63) is 23.8 Å². The predicted molar refractivity (Wildman–Crippen MR) is 65.6 cm³/mol. The molecule has 1 unspecified atom stereocenters. The van der Waals surface area contributed by atoms with E-state index in [9.17, 15) is 4.79 Å². The third-order valence-corrected chi connectivity index (χ3v) is 2.04. The van der Waals surface area contributed by atoms with Crippen LogP contribution in [0.25, 0.3) is 0 Å². The van der Waals surface area contributed by atoms with Crippen molar-refractivity contribution in [2.75, 3.05) is 11.5 Å². The van der Waals surface area contributed by atoms with Crippen LogP contribution in [0.2, 0.25) is 0 Å². The van der Waals surface area contributed by atoms with E-state index in [0.29, 0.717) is 23.4 Å². The molecule has 0 aromatic heterocycles. The number of nitrogens with two attached hydrogens (primary N) is 2. The number of anilines is 2. The molecule has 0 aliphatic carbocycles. The SMILES string of the molecule is C#CCC(C)NC(=O)c1cc(N)cc(N)c1. The van der Waals surface area contributed by atoms with E-state index in [-0.39, 0.29) is 11.9 Å². The maximum atomic E-state index is 11.7. The van der Waals surface area contributed by atoms with Crippen molar-refractivity contribution >= 4 is 17.3 Å².